The third-order valence-electron chi connectivity index (χ3n) is 5.58. The molecule has 0 aliphatic heterocycles. The summed E-state index contributed by atoms with van der Waals surface area (Å²) in [6.07, 6.45) is 33.1. The summed E-state index contributed by atoms with van der Waals surface area (Å²) in [4.78, 5) is 12.0. The normalized spacial score (nSPS) is 20.9. The summed E-state index contributed by atoms with van der Waals surface area (Å²) in [5.74, 6) is 0.0986. The van der Waals surface area contributed by atoms with Crippen molar-refractivity contribution in [1.29, 1.82) is 0 Å². The Morgan fingerprint density at radius 2 is 1.57 bits per heavy atom. The fourth-order valence-corrected chi connectivity index (χ4v) is 4.32. The Morgan fingerprint density at radius 3 is 2.47 bits per heavy atom. The lowest BCUT2D eigenvalue weighted by Crippen LogP contribution is -2.06. The second-order valence-electron chi connectivity index (χ2n) is 7.34. The second kappa shape index (κ2) is 7.49. The van der Waals surface area contributed by atoms with Gasteiger partial charge in [0.05, 0.1) is 0 Å². The molecule has 0 spiro atoms. The topological polar surface area (TPSA) is 26.3 Å². The molecular weight excluding hydrogens is 368 g/mol. The summed E-state index contributed by atoms with van der Waals surface area (Å²) < 4.78 is 5.67. The number of rotatable bonds is 2. The minimum Gasteiger partial charge on any atom is -0.423 e. The molecule has 2 nitrogen and oxygen atoms in total. The number of fused-ring (bicyclic) bond motifs is 5. The van der Waals surface area contributed by atoms with Crippen molar-refractivity contribution in [2.75, 3.05) is 0 Å². The van der Waals surface area contributed by atoms with Crippen molar-refractivity contribution in [3.05, 3.63) is 154 Å². The fraction of sp³-hybridized carbons (Fsp3) is 0.0357. The van der Waals surface area contributed by atoms with Gasteiger partial charge in [-0.1, -0.05) is 91.6 Å². The Labute approximate surface area is 176 Å². The highest BCUT2D eigenvalue weighted by Crippen LogP contribution is 2.49. The summed E-state index contributed by atoms with van der Waals surface area (Å²) in [6.45, 7) is 3.54. The van der Waals surface area contributed by atoms with Gasteiger partial charge >= 0.3 is 5.97 Å². The lowest BCUT2D eigenvalue weighted by molar-refractivity contribution is -0.133. The lowest BCUT2D eigenvalue weighted by atomic mass is 9.92. The van der Waals surface area contributed by atoms with Gasteiger partial charge in [0.2, 0.25) is 0 Å². The molecule has 1 fully saturated rings. The number of carbonyl (C=O) groups is 1. The molecule has 5 aliphatic rings. The van der Waals surface area contributed by atoms with E-state index in [1.165, 1.54) is 39.5 Å². The third-order valence-corrected chi connectivity index (χ3v) is 5.58. The molecule has 0 aromatic heterocycles. The summed E-state index contributed by atoms with van der Waals surface area (Å²) >= 11 is 0. The van der Waals surface area contributed by atoms with Crippen LogP contribution in [0.15, 0.2) is 154 Å². The van der Waals surface area contributed by atoms with Gasteiger partial charge in [0.15, 0.2) is 0 Å². The Morgan fingerprint density at radius 1 is 0.800 bits per heavy atom. The molecule has 0 N–H and O–H groups in total. The highest BCUT2D eigenvalue weighted by molar-refractivity contribution is 5.84. The Kier molecular flexibility index (Phi) is 4.53. The number of hydrogen-bond donors (Lipinski definition) is 0. The van der Waals surface area contributed by atoms with Crippen LogP contribution in [0.1, 0.15) is 6.42 Å². The quantitative estimate of drug-likeness (QED) is 0.420. The van der Waals surface area contributed by atoms with E-state index in [1.54, 1.807) is 0 Å². The Balaban J connectivity index is 1.76. The molecule has 0 radical (unpaired) electrons. The van der Waals surface area contributed by atoms with E-state index >= 15 is 0 Å². The van der Waals surface area contributed by atoms with Gasteiger partial charge in [0, 0.05) is 11.6 Å². The zero-order chi connectivity index (χ0) is 20.5. The predicted molar refractivity (Wildman–Crippen MR) is 121 cm³/mol. The maximum atomic E-state index is 12.0. The molecule has 0 bridgehead atoms. The maximum Gasteiger partial charge on any atom is 0.335 e. The maximum absolute atomic E-state index is 12.0. The van der Waals surface area contributed by atoms with Gasteiger partial charge in [-0.05, 0) is 51.5 Å². The fourth-order valence-electron chi connectivity index (χ4n) is 4.32. The first kappa shape index (κ1) is 18.1. The van der Waals surface area contributed by atoms with E-state index in [0.29, 0.717) is 5.76 Å². The molecule has 1 saturated carbocycles. The van der Waals surface area contributed by atoms with Crippen LogP contribution in [0, 0.1) is 0 Å². The van der Waals surface area contributed by atoms with Crippen LogP contribution in [0.2, 0.25) is 0 Å². The zero-order valence-corrected chi connectivity index (χ0v) is 16.5. The second-order valence-corrected chi connectivity index (χ2v) is 7.34. The SMILES string of the molecule is C=CC(=O)OC1=CC=CC=C2C=CC=C3C(=C21)CC1=CC=CC2=CC=CC=CC2=C13. The number of ether oxygens (including phenoxy) is 1. The van der Waals surface area contributed by atoms with Gasteiger partial charge in [-0.25, -0.2) is 4.79 Å². The first-order chi connectivity index (χ1) is 14.8. The molecule has 5 rings (SSSR count). The number of allylic oxidation sites excluding steroid dienone is 22. The van der Waals surface area contributed by atoms with Gasteiger partial charge in [-0.15, -0.1) is 0 Å². The first-order valence-electron chi connectivity index (χ1n) is 9.99. The zero-order valence-electron chi connectivity index (χ0n) is 16.5. The van der Waals surface area contributed by atoms with Crippen molar-refractivity contribution in [2.24, 2.45) is 0 Å². The van der Waals surface area contributed by atoms with Crippen LogP contribution in [-0.2, 0) is 9.53 Å². The average Bonchev–Trinajstić information content (AvgIpc) is 3.03. The first-order valence-corrected chi connectivity index (χ1v) is 9.99. The molecule has 2 heteroatoms. The number of hydrogen-bond acceptors (Lipinski definition) is 2. The molecular formula is C28H20O2. The van der Waals surface area contributed by atoms with Crippen molar-refractivity contribution < 1.29 is 9.53 Å². The molecule has 0 heterocycles. The standard InChI is InChI=1S/C28H20O2/c1-2-26(29)30-25-17-7-6-11-20-13-9-16-23-24(28(20)25)18-21-14-8-12-19-10-4-3-5-15-22(19)27(21)23/h2-17H,1,18H2. The highest BCUT2D eigenvalue weighted by Gasteiger charge is 2.33. The van der Waals surface area contributed by atoms with Crippen LogP contribution in [0.5, 0.6) is 0 Å². The van der Waals surface area contributed by atoms with Gasteiger partial charge in [-0.2, -0.15) is 0 Å². The molecule has 0 aromatic rings. The van der Waals surface area contributed by atoms with E-state index in [2.05, 4.69) is 79.5 Å². The van der Waals surface area contributed by atoms with E-state index < -0.39 is 5.97 Å². The van der Waals surface area contributed by atoms with Crippen LogP contribution < -0.4 is 0 Å². The molecule has 5 aliphatic carbocycles. The summed E-state index contributed by atoms with van der Waals surface area (Å²) in [7, 11) is 0. The lowest BCUT2D eigenvalue weighted by Gasteiger charge is -2.15. The third kappa shape index (κ3) is 3.03. The molecule has 0 aromatic carbocycles. The van der Waals surface area contributed by atoms with Crippen LogP contribution in [0.3, 0.4) is 0 Å². The summed E-state index contributed by atoms with van der Waals surface area (Å²) in [5.41, 5.74) is 9.25. The minimum absolute atomic E-state index is 0.456. The van der Waals surface area contributed by atoms with Gasteiger partial charge in [0.25, 0.3) is 0 Å². The highest BCUT2D eigenvalue weighted by atomic mass is 16.5. The largest absolute Gasteiger partial charge is 0.423 e. The molecule has 0 amide bonds. The van der Waals surface area contributed by atoms with Gasteiger partial charge in [-0.3, -0.25) is 0 Å². The Bertz CT molecular complexity index is 1240. The van der Waals surface area contributed by atoms with Crippen LogP contribution >= 0.6 is 0 Å². The van der Waals surface area contributed by atoms with E-state index in [1.807, 2.05) is 18.2 Å². The van der Waals surface area contributed by atoms with Crippen molar-refractivity contribution in [1.82, 2.24) is 0 Å². The average molecular weight is 388 g/mol. The molecule has 144 valence electrons. The Hall–Kier alpha value is -3.91. The van der Waals surface area contributed by atoms with E-state index in [0.717, 1.165) is 17.6 Å². The van der Waals surface area contributed by atoms with Crippen molar-refractivity contribution >= 4 is 5.97 Å². The summed E-state index contributed by atoms with van der Waals surface area (Å²) in [5, 5.41) is 0. The van der Waals surface area contributed by atoms with Crippen molar-refractivity contribution in [2.45, 2.75) is 6.42 Å². The van der Waals surface area contributed by atoms with Crippen molar-refractivity contribution in [3.8, 4) is 0 Å². The monoisotopic (exact) mass is 388 g/mol. The van der Waals surface area contributed by atoms with Crippen LogP contribution in [0.25, 0.3) is 0 Å². The summed E-state index contributed by atoms with van der Waals surface area (Å²) in [6, 6.07) is 0. The van der Waals surface area contributed by atoms with Crippen LogP contribution in [0.4, 0.5) is 0 Å². The molecule has 0 atom stereocenters. The number of esters is 1. The minimum atomic E-state index is -0.456. The van der Waals surface area contributed by atoms with E-state index in [4.69, 9.17) is 4.74 Å². The molecule has 0 unspecified atom stereocenters. The predicted octanol–water partition coefficient (Wildman–Crippen LogP) is 6.14. The van der Waals surface area contributed by atoms with Gasteiger partial charge in [0.1, 0.15) is 5.76 Å². The van der Waals surface area contributed by atoms with Crippen molar-refractivity contribution in [3.63, 3.8) is 0 Å². The number of carbonyl (C=O) groups excluding carboxylic acids is 1. The smallest absolute Gasteiger partial charge is 0.335 e. The van der Waals surface area contributed by atoms with Gasteiger partial charge < -0.3 is 4.74 Å². The van der Waals surface area contributed by atoms with E-state index in [-0.39, 0.29) is 0 Å². The van der Waals surface area contributed by atoms with E-state index in [9.17, 15) is 4.79 Å². The molecule has 30 heavy (non-hydrogen) atoms. The molecule has 0 saturated heterocycles. The van der Waals surface area contributed by atoms with Crippen LogP contribution in [-0.4, -0.2) is 5.97 Å².